The molecule has 0 fully saturated rings. The summed E-state index contributed by atoms with van der Waals surface area (Å²) < 4.78 is 51.9. The summed E-state index contributed by atoms with van der Waals surface area (Å²) in [4.78, 5) is 9.60. The first-order valence-electron chi connectivity index (χ1n) is 8.75. The summed E-state index contributed by atoms with van der Waals surface area (Å²) in [5.41, 5.74) is 0.295. The van der Waals surface area contributed by atoms with Crippen molar-refractivity contribution < 1.29 is 31.9 Å². The van der Waals surface area contributed by atoms with E-state index in [2.05, 4.69) is 25.1 Å². The van der Waals surface area contributed by atoms with Crippen molar-refractivity contribution in [3.8, 4) is 23.0 Å². The Morgan fingerprint density at radius 2 is 1.83 bits per heavy atom. The van der Waals surface area contributed by atoms with Gasteiger partial charge < -0.3 is 18.7 Å². The van der Waals surface area contributed by atoms with Crippen molar-refractivity contribution in [2.75, 3.05) is 0 Å². The summed E-state index contributed by atoms with van der Waals surface area (Å²) in [7, 11) is 0. The Morgan fingerprint density at radius 3 is 2.50 bits per heavy atom. The van der Waals surface area contributed by atoms with Gasteiger partial charge in [-0.15, -0.1) is 23.4 Å². The zero-order valence-electron chi connectivity index (χ0n) is 15.8. The van der Waals surface area contributed by atoms with Crippen LogP contribution in [-0.4, -0.2) is 27.4 Å². The van der Waals surface area contributed by atoms with Gasteiger partial charge in [-0.25, -0.2) is 0 Å². The molecule has 0 aliphatic carbocycles. The van der Waals surface area contributed by atoms with Crippen LogP contribution in [0.1, 0.15) is 24.8 Å². The molecule has 1 aromatic carbocycles. The largest absolute Gasteiger partial charge is 0.573 e. The van der Waals surface area contributed by atoms with E-state index >= 15 is 0 Å². The van der Waals surface area contributed by atoms with Gasteiger partial charge in [-0.3, -0.25) is 4.98 Å². The molecule has 3 aromatic rings. The maximum absolute atomic E-state index is 12.3. The van der Waals surface area contributed by atoms with Crippen LogP contribution < -0.4 is 9.47 Å². The monoisotopic (exact) mass is 420 g/mol. The number of ether oxygens (including phenoxy) is 2. The number of hydrogen-bond donors (Lipinski definition) is 0. The van der Waals surface area contributed by atoms with Crippen LogP contribution in [0.2, 0.25) is 0 Å². The lowest BCUT2D eigenvalue weighted by molar-refractivity contribution is -0.274. The van der Waals surface area contributed by atoms with Crippen molar-refractivity contribution in [2.45, 2.75) is 32.2 Å². The molecule has 0 amide bonds. The predicted octanol–water partition coefficient (Wildman–Crippen LogP) is 4.37. The highest BCUT2D eigenvalue weighted by Crippen LogP contribution is 2.36. The summed E-state index contributed by atoms with van der Waals surface area (Å²) in [5.74, 6) is 1.09. The second-order valence-corrected chi connectivity index (χ2v) is 6.69. The van der Waals surface area contributed by atoms with Gasteiger partial charge in [0.25, 0.3) is 0 Å². The molecule has 1 aliphatic rings. The molecule has 1 aliphatic heterocycles. The lowest BCUT2D eigenvalue weighted by atomic mass is 9.93. The quantitative estimate of drug-likeness (QED) is 0.619. The molecule has 11 heteroatoms. The number of halogens is 3. The van der Waals surface area contributed by atoms with Crippen LogP contribution in [-0.2, 0) is 10.4 Å². The van der Waals surface area contributed by atoms with Crippen LogP contribution in [0.4, 0.5) is 13.2 Å². The molecule has 0 saturated carbocycles. The Labute approximate surface area is 168 Å². The van der Waals surface area contributed by atoms with Gasteiger partial charge in [0.15, 0.2) is 5.60 Å². The number of nitrogens with zero attached hydrogens (tertiary/aromatic N) is 4. The summed E-state index contributed by atoms with van der Waals surface area (Å²) >= 11 is 0. The molecule has 4 rings (SSSR count). The molecular formula is C19H15F3N4O4. The van der Waals surface area contributed by atoms with Gasteiger partial charge >= 0.3 is 6.36 Å². The topological polar surface area (TPSA) is 91.9 Å². The van der Waals surface area contributed by atoms with Crippen molar-refractivity contribution >= 4 is 5.90 Å². The highest BCUT2D eigenvalue weighted by Gasteiger charge is 2.38. The SMILES string of the molecule is Cc1nnc(-c2cncc(OC3=NO[C@@](C)(c4ccc(OC(F)(F)F)cc4)C3)c2)o1. The third-order valence-corrected chi connectivity index (χ3v) is 4.26. The molecule has 30 heavy (non-hydrogen) atoms. The molecule has 0 radical (unpaired) electrons. The van der Waals surface area contributed by atoms with E-state index in [0.717, 1.165) is 0 Å². The Kier molecular flexibility index (Phi) is 4.80. The first-order valence-corrected chi connectivity index (χ1v) is 8.75. The van der Waals surface area contributed by atoms with E-state index in [0.29, 0.717) is 28.7 Å². The fourth-order valence-corrected chi connectivity index (χ4v) is 2.86. The van der Waals surface area contributed by atoms with Gasteiger partial charge in [0.2, 0.25) is 17.7 Å². The Morgan fingerprint density at radius 1 is 1.07 bits per heavy atom. The molecule has 8 nitrogen and oxygen atoms in total. The second-order valence-electron chi connectivity index (χ2n) is 6.69. The van der Waals surface area contributed by atoms with Crippen molar-refractivity contribution in [1.82, 2.24) is 15.2 Å². The normalized spacial score (nSPS) is 18.6. The van der Waals surface area contributed by atoms with E-state index in [1.54, 1.807) is 26.1 Å². The van der Waals surface area contributed by atoms with Crippen LogP contribution in [0.3, 0.4) is 0 Å². The van der Waals surface area contributed by atoms with Crippen LogP contribution >= 0.6 is 0 Å². The molecule has 0 unspecified atom stereocenters. The average molecular weight is 420 g/mol. The maximum atomic E-state index is 12.3. The average Bonchev–Trinajstić information content (AvgIpc) is 3.28. The summed E-state index contributed by atoms with van der Waals surface area (Å²) in [6, 6.07) is 7.08. The molecule has 156 valence electrons. The standard InChI is InChI=1S/C19H15F3N4O4/c1-11-24-25-17(27-11)12-7-15(10-23-9-12)28-16-8-18(2,30-26-16)13-3-5-14(6-4-13)29-19(20,21)22/h3-7,9-10H,8H2,1-2H3/t18-/m1/s1. The van der Waals surface area contributed by atoms with Gasteiger partial charge in [-0.2, -0.15) is 0 Å². The number of hydrogen-bond acceptors (Lipinski definition) is 8. The Bertz CT molecular complexity index is 1080. The zero-order chi connectivity index (χ0) is 21.4. The first kappa shape index (κ1) is 19.7. The van der Waals surface area contributed by atoms with Crippen LogP contribution in [0, 0.1) is 6.92 Å². The van der Waals surface area contributed by atoms with E-state index in [-0.39, 0.29) is 18.1 Å². The minimum Gasteiger partial charge on any atom is -0.438 e. The third-order valence-electron chi connectivity index (χ3n) is 4.26. The lowest BCUT2D eigenvalue weighted by Crippen LogP contribution is -2.23. The minimum absolute atomic E-state index is 0.260. The molecule has 1 atom stereocenters. The van der Waals surface area contributed by atoms with E-state index in [4.69, 9.17) is 14.0 Å². The van der Waals surface area contributed by atoms with E-state index < -0.39 is 12.0 Å². The minimum atomic E-state index is -4.75. The van der Waals surface area contributed by atoms with Crippen molar-refractivity contribution in [3.05, 3.63) is 54.2 Å². The zero-order valence-corrected chi connectivity index (χ0v) is 15.8. The lowest BCUT2D eigenvalue weighted by Gasteiger charge is -2.21. The van der Waals surface area contributed by atoms with E-state index in [1.165, 1.54) is 30.5 Å². The number of alkyl halides is 3. The van der Waals surface area contributed by atoms with E-state index in [1.807, 2.05) is 0 Å². The molecule has 0 N–H and O–H groups in total. The Balaban J connectivity index is 1.44. The maximum Gasteiger partial charge on any atom is 0.573 e. The summed E-state index contributed by atoms with van der Waals surface area (Å²) in [5, 5.41) is 11.7. The predicted molar refractivity (Wildman–Crippen MR) is 96.5 cm³/mol. The van der Waals surface area contributed by atoms with Gasteiger partial charge in [-0.1, -0.05) is 17.3 Å². The number of pyridine rings is 1. The fraction of sp³-hybridized carbons (Fsp3) is 0.263. The number of benzene rings is 1. The van der Waals surface area contributed by atoms with Crippen molar-refractivity contribution in [1.29, 1.82) is 0 Å². The molecule has 3 heterocycles. The van der Waals surface area contributed by atoms with Gasteiger partial charge in [-0.05, 0) is 30.7 Å². The number of rotatable bonds is 4. The van der Waals surface area contributed by atoms with Crippen LogP contribution in [0.25, 0.3) is 11.5 Å². The molecular weight excluding hydrogens is 405 g/mol. The third kappa shape index (κ3) is 4.34. The fourth-order valence-electron chi connectivity index (χ4n) is 2.86. The second kappa shape index (κ2) is 7.32. The smallest absolute Gasteiger partial charge is 0.438 e. The summed E-state index contributed by atoms with van der Waals surface area (Å²) in [6.07, 6.45) is -1.44. The Hall–Kier alpha value is -3.63. The van der Waals surface area contributed by atoms with Crippen molar-refractivity contribution in [2.24, 2.45) is 5.16 Å². The van der Waals surface area contributed by atoms with Gasteiger partial charge in [0.05, 0.1) is 18.2 Å². The highest BCUT2D eigenvalue weighted by molar-refractivity contribution is 5.80. The number of oxime groups is 1. The first-order chi connectivity index (χ1) is 14.2. The molecule has 0 spiro atoms. The molecule has 2 aromatic heterocycles. The number of aromatic nitrogens is 3. The number of aryl methyl sites for hydroxylation is 1. The van der Waals surface area contributed by atoms with Crippen LogP contribution in [0.5, 0.6) is 11.5 Å². The van der Waals surface area contributed by atoms with Gasteiger partial charge in [0.1, 0.15) is 11.5 Å². The van der Waals surface area contributed by atoms with Crippen LogP contribution in [0.15, 0.2) is 52.3 Å². The van der Waals surface area contributed by atoms with E-state index in [9.17, 15) is 13.2 Å². The van der Waals surface area contributed by atoms with Crippen molar-refractivity contribution in [3.63, 3.8) is 0 Å². The molecule has 0 saturated heterocycles. The summed E-state index contributed by atoms with van der Waals surface area (Å²) in [6.45, 7) is 3.43. The van der Waals surface area contributed by atoms with Gasteiger partial charge in [0, 0.05) is 13.1 Å². The highest BCUT2D eigenvalue weighted by atomic mass is 19.4. The molecule has 0 bridgehead atoms.